The predicted molar refractivity (Wildman–Crippen MR) is 116 cm³/mol. The number of methoxy groups -OCH3 is 1. The lowest BCUT2D eigenvalue weighted by atomic mass is 10.2. The van der Waals surface area contributed by atoms with Crippen molar-refractivity contribution in [1.82, 2.24) is 14.7 Å². The highest BCUT2D eigenvalue weighted by molar-refractivity contribution is 6.30. The normalized spacial score (nSPS) is 13.2. The molecule has 0 bridgehead atoms. The van der Waals surface area contributed by atoms with Crippen LogP contribution in [0.3, 0.4) is 0 Å². The van der Waals surface area contributed by atoms with E-state index in [1.165, 1.54) is 0 Å². The molecule has 1 fully saturated rings. The van der Waals surface area contributed by atoms with Crippen LogP contribution >= 0.6 is 11.6 Å². The first-order valence-electron chi connectivity index (χ1n) is 9.90. The van der Waals surface area contributed by atoms with E-state index in [9.17, 15) is 4.79 Å². The number of benzene rings is 2. The maximum Gasteiger partial charge on any atom is 0.227 e. The molecular weight excluding hydrogens is 402 g/mol. The molecule has 6 nitrogen and oxygen atoms in total. The number of rotatable bonds is 7. The van der Waals surface area contributed by atoms with Crippen LogP contribution < -0.4 is 9.47 Å². The lowest BCUT2D eigenvalue weighted by molar-refractivity contribution is -0.130. The Morgan fingerprint density at radius 3 is 2.50 bits per heavy atom. The Morgan fingerprint density at radius 1 is 1.20 bits per heavy atom. The van der Waals surface area contributed by atoms with Gasteiger partial charge in [-0.3, -0.25) is 4.79 Å². The minimum absolute atomic E-state index is 0.0582. The van der Waals surface area contributed by atoms with Crippen molar-refractivity contribution in [2.75, 3.05) is 7.11 Å². The van der Waals surface area contributed by atoms with Gasteiger partial charge in [-0.1, -0.05) is 17.7 Å². The molecule has 1 aliphatic rings. The van der Waals surface area contributed by atoms with Crippen LogP contribution in [0.1, 0.15) is 31.0 Å². The van der Waals surface area contributed by atoms with Gasteiger partial charge in [-0.25, -0.2) is 4.68 Å². The van der Waals surface area contributed by atoms with Crippen molar-refractivity contribution in [2.24, 2.45) is 0 Å². The molecule has 3 aromatic rings. The zero-order valence-electron chi connectivity index (χ0n) is 17.3. The van der Waals surface area contributed by atoms with Crippen molar-refractivity contribution in [1.29, 1.82) is 0 Å². The number of nitrogens with zero attached hydrogens (tertiary/aromatic N) is 3. The molecule has 0 spiro atoms. The molecule has 1 aliphatic carbocycles. The van der Waals surface area contributed by atoms with Crippen LogP contribution in [0.4, 0.5) is 0 Å². The van der Waals surface area contributed by atoms with E-state index in [0.717, 1.165) is 35.5 Å². The van der Waals surface area contributed by atoms with Crippen molar-refractivity contribution in [2.45, 2.75) is 39.3 Å². The first kappa shape index (κ1) is 20.3. The number of aryl methyl sites for hydroxylation is 1. The standard InChI is InChI=1S/C23H24ClN3O3/c1-15-22(14-26(16(2)28)18-7-8-18)23(30-21-11-9-20(29-3)10-12-21)27(25-15)19-6-4-5-17(24)13-19/h4-6,9-13,18H,7-8,14H2,1-3H3. The highest BCUT2D eigenvalue weighted by Crippen LogP contribution is 2.35. The molecule has 156 valence electrons. The van der Waals surface area contributed by atoms with Crippen LogP contribution in [-0.4, -0.2) is 33.7 Å². The lowest BCUT2D eigenvalue weighted by Crippen LogP contribution is -2.30. The summed E-state index contributed by atoms with van der Waals surface area (Å²) in [5.74, 6) is 2.04. The molecule has 30 heavy (non-hydrogen) atoms. The molecule has 7 heteroatoms. The third-order valence-electron chi connectivity index (χ3n) is 5.18. The largest absolute Gasteiger partial charge is 0.497 e. The first-order valence-corrected chi connectivity index (χ1v) is 10.3. The van der Waals surface area contributed by atoms with Crippen LogP contribution in [0.2, 0.25) is 5.02 Å². The molecule has 1 heterocycles. The molecule has 0 atom stereocenters. The van der Waals surface area contributed by atoms with Gasteiger partial charge in [0, 0.05) is 18.0 Å². The fourth-order valence-electron chi connectivity index (χ4n) is 3.42. The van der Waals surface area contributed by atoms with E-state index in [1.807, 2.05) is 60.4 Å². The number of hydrogen-bond donors (Lipinski definition) is 0. The Balaban J connectivity index is 1.77. The van der Waals surface area contributed by atoms with E-state index in [4.69, 9.17) is 26.2 Å². The third-order valence-corrected chi connectivity index (χ3v) is 5.42. The van der Waals surface area contributed by atoms with Crippen LogP contribution in [0.25, 0.3) is 5.69 Å². The van der Waals surface area contributed by atoms with Gasteiger partial charge in [-0.15, -0.1) is 0 Å². The Hall–Kier alpha value is -2.99. The Labute approximate surface area is 181 Å². The summed E-state index contributed by atoms with van der Waals surface area (Å²) in [5.41, 5.74) is 2.49. The SMILES string of the molecule is COc1ccc(Oc2c(CN(C(C)=O)C3CC3)c(C)nn2-c2cccc(Cl)c2)cc1. The van der Waals surface area contributed by atoms with Crippen molar-refractivity contribution in [3.63, 3.8) is 0 Å². The van der Waals surface area contributed by atoms with Gasteiger partial charge in [-0.2, -0.15) is 5.10 Å². The summed E-state index contributed by atoms with van der Waals surface area (Å²) in [7, 11) is 1.62. The summed E-state index contributed by atoms with van der Waals surface area (Å²) in [6.07, 6.45) is 2.07. The maximum atomic E-state index is 12.2. The molecule has 0 N–H and O–H groups in total. The average molecular weight is 426 g/mol. The summed E-state index contributed by atoms with van der Waals surface area (Å²) < 4.78 is 13.3. The summed E-state index contributed by atoms with van der Waals surface area (Å²) in [5, 5.41) is 5.33. The average Bonchev–Trinajstić information content (AvgIpc) is 3.52. The van der Waals surface area contributed by atoms with Gasteiger partial charge in [-0.05, 0) is 62.2 Å². The van der Waals surface area contributed by atoms with Gasteiger partial charge < -0.3 is 14.4 Å². The lowest BCUT2D eigenvalue weighted by Gasteiger charge is -2.21. The highest BCUT2D eigenvalue weighted by Gasteiger charge is 2.33. The molecule has 0 unspecified atom stereocenters. The van der Waals surface area contributed by atoms with Crippen LogP contribution in [0, 0.1) is 6.92 Å². The fraction of sp³-hybridized carbons (Fsp3) is 0.304. The van der Waals surface area contributed by atoms with Crippen molar-refractivity contribution < 1.29 is 14.3 Å². The Bertz CT molecular complexity index is 1060. The van der Waals surface area contributed by atoms with E-state index in [0.29, 0.717) is 29.2 Å². The van der Waals surface area contributed by atoms with Gasteiger partial charge in [0.1, 0.15) is 11.5 Å². The van der Waals surface area contributed by atoms with E-state index < -0.39 is 0 Å². The van der Waals surface area contributed by atoms with Crippen molar-refractivity contribution >= 4 is 17.5 Å². The van der Waals surface area contributed by atoms with Crippen molar-refractivity contribution in [3.05, 3.63) is 64.8 Å². The van der Waals surface area contributed by atoms with E-state index >= 15 is 0 Å². The van der Waals surface area contributed by atoms with Gasteiger partial charge >= 0.3 is 0 Å². The highest BCUT2D eigenvalue weighted by atomic mass is 35.5. The monoisotopic (exact) mass is 425 g/mol. The molecule has 1 amide bonds. The zero-order valence-corrected chi connectivity index (χ0v) is 18.0. The summed E-state index contributed by atoms with van der Waals surface area (Å²) in [6.45, 7) is 4.00. The number of carbonyl (C=O) groups is 1. The Kier molecular flexibility index (Phi) is 5.68. The number of aromatic nitrogens is 2. The molecular formula is C23H24ClN3O3. The van der Waals surface area contributed by atoms with E-state index in [2.05, 4.69) is 0 Å². The minimum atomic E-state index is 0.0582. The number of halogens is 1. The molecule has 2 aromatic carbocycles. The second-order valence-electron chi connectivity index (χ2n) is 7.42. The summed E-state index contributed by atoms with van der Waals surface area (Å²) >= 11 is 6.21. The van der Waals surface area contributed by atoms with Gasteiger partial charge in [0.25, 0.3) is 0 Å². The predicted octanol–water partition coefficient (Wildman–Crippen LogP) is 5.15. The van der Waals surface area contributed by atoms with Gasteiger partial charge in [0.05, 0.1) is 30.6 Å². The molecule has 0 saturated heterocycles. The summed E-state index contributed by atoms with van der Waals surface area (Å²) in [6, 6.07) is 15.1. The first-order chi connectivity index (χ1) is 14.5. The van der Waals surface area contributed by atoms with Crippen LogP contribution in [0.5, 0.6) is 17.4 Å². The summed E-state index contributed by atoms with van der Waals surface area (Å²) in [4.78, 5) is 14.1. The number of ether oxygens (including phenoxy) is 2. The quantitative estimate of drug-likeness (QED) is 0.525. The molecule has 4 rings (SSSR count). The van der Waals surface area contributed by atoms with Crippen molar-refractivity contribution in [3.8, 4) is 23.1 Å². The zero-order chi connectivity index (χ0) is 21.3. The molecule has 0 radical (unpaired) electrons. The minimum Gasteiger partial charge on any atom is -0.497 e. The second-order valence-corrected chi connectivity index (χ2v) is 7.85. The fourth-order valence-corrected chi connectivity index (χ4v) is 3.60. The molecule has 1 saturated carbocycles. The molecule has 1 aromatic heterocycles. The number of amides is 1. The smallest absolute Gasteiger partial charge is 0.227 e. The maximum absolute atomic E-state index is 12.2. The second kappa shape index (κ2) is 8.40. The number of carbonyl (C=O) groups excluding carboxylic acids is 1. The van der Waals surface area contributed by atoms with E-state index in [-0.39, 0.29) is 5.91 Å². The van der Waals surface area contributed by atoms with Crippen LogP contribution in [0.15, 0.2) is 48.5 Å². The topological polar surface area (TPSA) is 56.6 Å². The molecule has 0 aliphatic heterocycles. The third kappa shape index (κ3) is 4.28. The van der Waals surface area contributed by atoms with E-state index in [1.54, 1.807) is 18.7 Å². The van der Waals surface area contributed by atoms with Gasteiger partial charge in [0.2, 0.25) is 11.8 Å². The van der Waals surface area contributed by atoms with Crippen LogP contribution in [-0.2, 0) is 11.3 Å². The number of hydrogen-bond acceptors (Lipinski definition) is 4. The van der Waals surface area contributed by atoms with Gasteiger partial charge in [0.15, 0.2) is 0 Å². The Morgan fingerprint density at radius 2 is 1.90 bits per heavy atom.